The first-order valence-electron chi connectivity index (χ1n) is 5.32. The zero-order valence-corrected chi connectivity index (χ0v) is 9.85. The molecule has 0 atom stereocenters. The molecular weight excluding hydrogens is 256 g/mol. The fourth-order valence-electron chi connectivity index (χ4n) is 1.50. The average molecular weight is 265 g/mol. The Labute approximate surface area is 107 Å². The summed E-state index contributed by atoms with van der Waals surface area (Å²) in [5.74, 6) is -3.59. The fraction of sp³-hybridized carbons (Fsp3) is 0.0769. The quantitative estimate of drug-likeness (QED) is 0.926. The Kier molecular flexibility index (Phi) is 3.41. The first-order valence-corrected chi connectivity index (χ1v) is 5.32. The van der Waals surface area contributed by atoms with E-state index in [1.54, 1.807) is 0 Å². The maximum atomic E-state index is 13.4. The molecule has 1 heterocycles. The maximum Gasteiger partial charge on any atom is 0.337 e. The van der Waals surface area contributed by atoms with Crippen molar-refractivity contribution in [2.24, 2.45) is 0 Å². The molecule has 0 aliphatic rings. The normalized spacial score (nSPS) is 10.3. The molecule has 1 N–H and O–H groups in total. The number of pyridine rings is 1. The summed E-state index contributed by atoms with van der Waals surface area (Å²) in [5, 5.41) is 8.84. The predicted octanol–water partition coefficient (Wildman–Crippen LogP) is 3.16. The van der Waals surface area contributed by atoms with Crippen molar-refractivity contribution in [3.8, 4) is 11.6 Å². The van der Waals surface area contributed by atoms with E-state index in [0.717, 1.165) is 6.07 Å². The monoisotopic (exact) mass is 265 g/mol. The highest BCUT2D eigenvalue weighted by molar-refractivity contribution is 5.88. The third-order valence-corrected chi connectivity index (χ3v) is 2.42. The van der Waals surface area contributed by atoms with Gasteiger partial charge in [-0.05, 0) is 25.1 Å². The van der Waals surface area contributed by atoms with Gasteiger partial charge in [-0.15, -0.1) is 0 Å². The van der Waals surface area contributed by atoms with E-state index >= 15 is 0 Å². The maximum absolute atomic E-state index is 13.4. The van der Waals surface area contributed by atoms with E-state index in [2.05, 4.69) is 4.98 Å². The zero-order valence-electron chi connectivity index (χ0n) is 9.85. The number of aromatic nitrogens is 1. The molecule has 19 heavy (non-hydrogen) atoms. The van der Waals surface area contributed by atoms with Gasteiger partial charge in [0.15, 0.2) is 11.6 Å². The minimum Gasteiger partial charge on any atom is -0.478 e. The highest BCUT2D eigenvalue weighted by atomic mass is 19.2. The second-order valence-corrected chi connectivity index (χ2v) is 3.74. The molecule has 0 bridgehead atoms. The third kappa shape index (κ3) is 2.67. The SMILES string of the molecule is Cc1nc(Oc2cccc(F)c2F)ccc1C(=O)O. The molecule has 98 valence electrons. The van der Waals surface area contributed by atoms with Crippen molar-refractivity contribution >= 4 is 5.97 Å². The van der Waals surface area contributed by atoms with Crippen molar-refractivity contribution in [1.82, 2.24) is 4.98 Å². The van der Waals surface area contributed by atoms with Gasteiger partial charge < -0.3 is 9.84 Å². The molecule has 0 unspecified atom stereocenters. The zero-order chi connectivity index (χ0) is 14.0. The molecule has 0 amide bonds. The number of nitrogens with zero attached hydrogens (tertiary/aromatic N) is 1. The van der Waals surface area contributed by atoms with Gasteiger partial charge in [-0.1, -0.05) is 6.07 Å². The van der Waals surface area contributed by atoms with Crippen LogP contribution in [-0.2, 0) is 0 Å². The van der Waals surface area contributed by atoms with Gasteiger partial charge in [-0.2, -0.15) is 4.39 Å². The summed E-state index contributed by atoms with van der Waals surface area (Å²) in [5.41, 5.74) is 0.244. The second-order valence-electron chi connectivity index (χ2n) is 3.74. The fourth-order valence-corrected chi connectivity index (χ4v) is 1.50. The number of carboxylic acids is 1. The van der Waals surface area contributed by atoms with Crippen molar-refractivity contribution in [2.75, 3.05) is 0 Å². The summed E-state index contributed by atoms with van der Waals surface area (Å²) >= 11 is 0. The Hall–Kier alpha value is -2.50. The summed E-state index contributed by atoms with van der Waals surface area (Å²) in [7, 11) is 0. The van der Waals surface area contributed by atoms with E-state index in [9.17, 15) is 13.6 Å². The van der Waals surface area contributed by atoms with Crippen LogP contribution >= 0.6 is 0 Å². The number of benzene rings is 1. The van der Waals surface area contributed by atoms with Crippen molar-refractivity contribution < 1.29 is 23.4 Å². The van der Waals surface area contributed by atoms with Gasteiger partial charge in [-0.25, -0.2) is 14.2 Å². The highest BCUT2D eigenvalue weighted by Gasteiger charge is 2.13. The molecule has 1 aromatic heterocycles. The predicted molar refractivity (Wildman–Crippen MR) is 62.4 cm³/mol. The lowest BCUT2D eigenvalue weighted by atomic mass is 10.2. The molecule has 0 aliphatic heterocycles. The lowest BCUT2D eigenvalue weighted by molar-refractivity contribution is 0.0695. The Balaban J connectivity index is 2.32. The Morgan fingerprint density at radius 2 is 2.00 bits per heavy atom. The van der Waals surface area contributed by atoms with Crippen molar-refractivity contribution in [3.63, 3.8) is 0 Å². The van der Waals surface area contributed by atoms with Crippen LogP contribution in [-0.4, -0.2) is 16.1 Å². The molecule has 0 fully saturated rings. The molecular formula is C13H9F2NO3. The van der Waals surface area contributed by atoms with E-state index in [-0.39, 0.29) is 22.9 Å². The van der Waals surface area contributed by atoms with Crippen molar-refractivity contribution in [1.29, 1.82) is 0 Å². The molecule has 0 saturated heterocycles. The molecule has 0 radical (unpaired) electrons. The Morgan fingerprint density at radius 3 is 2.63 bits per heavy atom. The number of ether oxygens (including phenoxy) is 1. The van der Waals surface area contributed by atoms with Gasteiger partial charge in [0.2, 0.25) is 11.7 Å². The summed E-state index contributed by atoms with van der Waals surface area (Å²) < 4.78 is 31.4. The first-order chi connectivity index (χ1) is 8.99. The van der Waals surface area contributed by atoms with Crippen LogP contribution in [0.15, 0.2) is 30.3 Å². The smallest absolute Gasteiger partial charge is 0.337 e. The van der Waals surface area contributed by atoms with E-state index in [4.69, 9.17) is 9.84 Å². The molecule has 1 aromatic carbocycles. The first kappa shape index (κ1) is 12.9. The van der Waals surface area contributed by atoms with Crippen LogP contribution in [0.25, 0.3) is 0 Å². The Bertz CT molecular complexity index is 644. The molecule has 6 heteroatoms. The molecule has 0 saturated carbocycles. The topological polar surface area (TPSA) is 59.4 Å². The van der Waals surface area contributed by atoms with Gasteiger partial charge in [0, 0.05) is 6.07 Å². The molecule has 4 nitrogen and oxygen atoms in total. The molecule has 2 aromatic rings. The van der Waals surface area contributed by atoms with Gasteiger partial charge in [0.25, 0.3) is 0 Å². The van der Waals surface area contributed by atoms with Crippen LogP contribution < -0.4 is 4.74 Å². The largest absolute Gasteiger partial charge is 0.478 e. The summed E-state index contributed by atoms with van der Waals surface area (Å²) in [6.07, 6.45) is 0. The molecule has 0 spiro atoms. The highest BCUT2D eigenvalue weighted by Crippen LogP contribution is 2.25. The average Bonchev–Trinajstić information content (AvgIpc) is 2.34. The number of aryl methyl sites for hydroxylation is 1. The van der Waals surface area contributed by atoms with Crippen LogP contribution in [0.4, 0.5) is 8.78 Å². The summed E-state index contributed by atoms with van der Waals surface area (Å²) in [6, 6.07) is 6.08. The third-order valence-electron chi connectivity index (χ3n) is 2.42. The van der Waals surface area contributed by atoms with Crippen molar-refractivity contribution in [2.45, 2.75) is 6.92 Å². The van der Waals surface area contributed by atoms with Gasteiger partial charge in [0.05, 0.1) is 11.3 Å². The van der Waals surface area contributed by atoms with Crippen LogP contribution in [0.5, 0.6) is 11.6 Å². The van der Waals surface area contributed by atoms with Crippen LogP contribution in [0.3, 0.4) is 0 Å². The van der Waals surface area contributed by atoms with Crippen molar-refractivity contribution in [3.05, 3.63) is 53.2 Å². The number of hydrogen-bond acceptors (Lipinski definition) is 3. The minimum atomic E-state index is -1.12. The minimum absolute atomic E-state index is 0.00741. The van der Waals surface area contributed by atoms with Gasteiger partial charge in [0.1, 0.15) is 0 Å². The van der Waals surface area contributed by atoms with Gasteiger partial charge >= 0.3 is 5.97 Å². The van der Waals surface area contributed by atoms with E-state index < -0.39 is 17.6 Å². The van der Waals surface area contributed by atoms with Crippen LogP contribution in [0.2, 0.25) is 0 Å². The van der Waals surface area contributed by atoms with E-state index in [1.807, 2.05) is 0 Å². The lowest BCUT2D eigenvalue weighted by Crippen LogP contribution is -2.02. The molecule has 0 aliphatic carbocycles. The summed E-state index contributed by atoms with van der Waals surface area (Å²) in [4.78, 5) is 14.7. The second kappa shape index (κ2) is 5.01. The number of rotatable bonds is 3. The van der Waals surface area contributed by atoms with E-state index in [0.29, 0.717) is 0 Å². The Morgan fingerprint density at radius 1 is 1.26 bits per heavy atom. The standard InChI is InChI=1S/C13H9F2NO3/c1-7-8(13(17)18)5-6-11(16-7)19-10-4-2-3-9(14)12(10)15/h2-6H,1H3,(H,17,18). The van der Waals surface area contributed by atoms with Crippen LogP contribution in [0.1, 0.15) is 16.1 Å². The number of aromatic carboxylic acids is 1. The summed E-state index contributed by atoms with van der Waals surface area (Å²) in [6.45, 7) is 1.48. The van der Waals surface area contributed by atoms with Gasteiger partial charge in [-0.3, -0.25) is 0 Å². The van der Waals surface area contributed by atoms with Crippen LogP contribution in [0, 0.1) is 18.6 Å². The van der Waals surface area contributed by atoms with E-state index in [1.165, 1.54) is 31.2 Å². The number of hydrogen-bond donors (Lipinski definition) is 1. The number of carboxylic acid groups (broad SMARTS) is 1. The number of halogens is 2. The molecule has 2 rings (SSSR count). The lowest BCUT2D eigenvalue weighted by Gasteiger charge is -2.07. The number of carbonyl (C=O) groups is 1.